The van der Waals surface area contributed by atoms with E-state index in [9.17, 15) is 19.2 Å². The third-order valence-electron chi connectivity index (χ3n) is 2.87. The van der Waals surface area contributed by atoms with Crippen LogP contribution in [0.25, 0.3) is 0 Å². The molecule has 4 atom stereocenters. The highest BCUT2D eigenvalue weighted by atomic mass is 16.7. The predicted octanol–water partition coefficient (Wildman–Crippen LogP) is -2.18. The fraction of sp³-hybridized carbons (Fsp3) is 0.692. The van der Waals surface area contributed by atoms with E-state index >= 15 is 0 Å². The first-order chi connectivity index (χ1) is 11.3. The Kier molecular flexibility index (Phi) is 10.1. The van der Waals surface area contributed by atoms with Gasteiger partial charge < -0.3 is 38.1 Å². The lowest BCUT2D eigenvalue weighted by atomic mass is 10.0. The Morgan fingerprint density at radius 3 is 2.00 bits per heavy atom. The summed E-state index contributed by atoms with van der Waals surface area (Å²) in [5, 5.41) is 0. The largest absolute Gasteiger partial charge is 0.366 e. The maximum absolute atomic E-state index is 10.6. The smallest absolute Gasteiger partial charge is 0.159 e. The molecule has 0 amide bonds. The van der Waals surface area contributed by atoms with Crippen molar-refractivity contribution in [3.63, 3.8) is 0 Å². The van der Waals surface area contributed by atoms with Crippen LogP contribution in [0.2, 0.25) is 0 Å². The molecule has 0 aromatic rings. The lowest BCUT2D eigenvalue weighted by molar-refractivity contribution is -0.252. The third kappa shape index (κ3) is 6.60. The molecule has 0 aromatic carbocycles. The van der Waals surface area contributed by atoms with Crippen molar-refractivity contribution in [2.24, 2.45) is 0 Å². The van der Waals surface area contributed by atoms with Crippen LogP contribution in [-0.4, -0.2) is 82.7 Å². The van der Waals surface area contributed by atoms with Crippen LogP contribution in [0.15, 0.2) is 0 Å². The van der Waals surface area contributed by atoms with E-state index in [0.29, 0.717) is 25.1 Å². The minimum atomic E-state index is -0.864. The fourth-order valence-electron chi connectivity index (χ4n) is 2.03. The molecule has 0 aromatic heterocycles. The number of hydrogen-bond donors (Lipinski definition) is 1. The Hall–Kier alpha value is -1.56. The second kappa shape index (κ2) is 11.9. The van der Waals surface area contributed by atoms with Crippen molar-refractivity contribution < 1.29 is 43.0 Å². The number of ether oxygens (including phenoxy) is 4. The normalized spacial score (nSPS) is 27.3. The van der Waals surface area contributed by atoms with E-state index in [2.05, 4.69) is 5.48 Å². The Morgan fingerprint density at radius 2 is 1.39 bits per heavy atom. The Balaban J connectivity index is 2.79. The van der Waals surface area contributed by atoms with E-state index in [1.165, 1.54) is 0 Å². The van der Waals surface area contributed by atoms with Crippen molar-refractivity contribution in [3.05, 3.63) is 0 Å². The highest BCUT2D eigenvalue weighted by Crippen LogP contribution is 2.22. The fourth-order valence-corrected chi connectivity index (χ4v) is 2.03. The third-order valence-corrected chi connectivity index (χ3v) is 2.87. The average Bonchev–Trinajstić information content (AvgIpc) is 2.57. The van der Waals surface area contributed by atoms with Crippen molar-refractivity contribution >= 4 is 25.1 Å². The van der Waals surface area contributed by atoms with Crippen LogP contribution in [-0.2, 0) is 43.0 Å². The van der Waals surface area contributed by atoms with Crippen LogP contribution in [0, 0.1) is 0 Å². The first kappa shape index (κ1) is 19.5. The molecule has 4 unspecified atom stereocenters. The molecule has 10 nitrogen and oxygen atoms in total. The van der Waals surface area contributed by atoms with Gasteiger partial charge in [-0.15, -0.1) is 0 Å². The van der Waals surface area contributed by atoms with Crippen molar-refractivity contribution in [2.45, 2.75) is 24.5 Å². The van der Waals surface area contributed by atoms with E-state index in [0.717, 1.165) is 0 Å². The number of aldehydes is 4. The van der Waals surface area contributed by atoms with Gasteiger partial charge in [-0.1, -0.05) is 0 Å². The van der Waals surface area contributed by atoms with Crippen molar-refractivity contribution in [1.82, 2.24) is 5.48 Å². The van der Waals surface area contributed by atoms with Gasteiger partial charge >= 0.3 is 0 Å². The van der Waals surface area contributed by atoms with E-state index in [1.807, 2.05) is 0 Å². The molecule has 130 valence electrons. The summed E-state index contributed by atoms with van der Waals surface area (Å²) in [4.78, 5) is 46.7. The van der Waals surface area contributed by atoms with Gasteiger partial charge in [0.05, 0.1) is 6.61 Å². The molecule has 0 spiro atoms. The molecular weight excluding hydrogens is 314 g/mol. The highest BCUT2D eigenvalue weighted by Gasteiger charge is 2.43. The van der Waals surface area contributed by atoms with Gasteiger partial charge in [-0.25, -0.2) is 0 Å². The maximum Gasteiger partial charge on any atom is 0.159 e. The zero-order chi connectivity index (χ0) is 16.9. The SMILES string of the molecule is O=CCONC1OCC(OCC=O)C(OCC=O)C1OCC=O. The zero-order valence-electron chi connectivity index (χ0n) is 12.3. The maximum atomic E-state index is 10.6. The van der Waals surface area contributed by atoms with Gasteiger partial charge in [0.2, 0.25) is 0 Å². The lowest BCUT2D eigenvalue weighted by Crippen LogP contribution is -2.60. The van der Waals surface area contributed by atoms with Gasteiger partial charge in [-0.3, -0.25) is 4.84 Å². The number of hydrogen-bond acceptors (Lipinski definition) is 10. The van der Waals surface area contributed by atoms with Crippen LogP contribution in [0.4, 0.5) is 0 Å². The summed E-state index contributed by atoms with van der Waals surface area (Å²) >= 11 is 0. The summed E-state index contributed by atoms with van der Waals surface area (Å²) in [5.41, 5.74) is 2.48. The molecule has 0 aliphatic carbocycles. The highest BCUT2D eigenvalue weighted by molar-refractivity contribution is 5.51. The molecule has 1 rings (SSSR count). The van der Waals surface area contributed by atoms with Crippen LogP contribution >= 0.6 is 0 Å². The van der Waals surface area contributed by atoms with Crippen molar-refractivity contribution in [1.29, 1.82) is 0 Å². The molecule has 23 heavy (non-hydrogen) atoms. The summed E-state index contributed by atoms with van der Waals surface area (Å²) < 4.78 is 21.5. The number of hydroxylamine groups is 1. The monoisotopic (exact) mass is 333 g/mol. The lowest BCUT2D eigenvalue weighted by Gasteiger charge is -2.41. The molecule has 0 bridgehead atoms. The van der Waals surface area contributed by atoms with Gasteiger partial charge in [0.15, 0.2) is 6.23 Å². The van der Waals surface area contributed by atoms with E-state index < -0.39 is 24.5 Å². The van der Waals surface area contributed by atoms with Crippen molar-refractivity contribution in [2.75, 3.05) is 33.0 Å². The van der Waals surface area contributed by atoms with Gasteiger partial charge in [0.1, 0.15) is 69.9 Å². The second-order valence-corrected chi connectivity index (χ2v) is 4.32. The number of carbonyl (C=O) groups excluding carboxylic acids is 4. The van der Waals surface area contributed by atoms with Gasteiger partial charge in [-0.2, -0.15) is 5.48 Å². The van der Waals surface area contributed by atoms with E-state index in [1.54, 1.807) is 0 Å². The molecule has 0 radical (unpaired) electrons. The van der Waals surface area contributed by atoms with Gasteiger partial charge in [-0.05, 0) is 0 Å². The summed E-state index contributed by atoms with van der Waals surface area (Å²) in [6.45, 7) is -0.851. The van der Waals surface area contributed by atoms with E-state index in [-0.39, 0.29) is 33.0 Å². The topological polar surface area (TPSA) is 126 Å². The van der Waals surface area contributed by atoms with Gasteiger partial charge in [0, 0.05) is 0 Å². The molecular formula is C13H19NO9. The molecule has 1 aliphatic rings. The quantitative estimate of drug-likeness (QED) is 0.226. The van der Waals surface area contributed by atoms with Crippen LogP contribution < -0.4 is 5.48 Å². The summed E-state index contributed by atoms with van der Waals surface area (Å²) in [6, 6.07) is 0. The zero-order valence-corrected chi connectivity index (χ0v) is 12.3. The molecule has 1 aliphatic heterocycles. The molecule has 1 saturated heterocycles. The number of carbonyl (C=O) groups is 4. The standard InChI is InChI=1S/C13H19NO9/c15-1-5-19-10-9-22-13(14-23-8-4-18)12(21-7-3-17)11(10)20-6-2-16/h1-4,10-14H,5-9H2. The molecule has 1 N–H and O–H groups in total. The average molecular weight is 333 g/mol. The summed E-state index contributed by atoms with van der Waals surface area (Å²) in [6.07, 6.45) is -1.00. The Bertz CT molecular complexity index is 378. The minimum absolute atomic E-state index is 0.0282. The number of rotatable bonds is 13. The van der Waals surface area contributed by atoms with Crippen molar-refractivity contribution in [3.8, 4) is 0 Å². The van der Waals surface area contributed by atoms with E-state index in [4.69, 9.17) is 23.8 Å². The minimum Gasteiger partial charge on any atom is -0.366 e. The number of nitrogens with one attached hydrogen (secondary N) is 1. The summed E-state index contributed by atoms with van der Waals surface area (Å²) in [7, 11) is 0. The predicted molar refractivity (Wildman–Crippen MR) is 72.3 cm³/mol. The molecule has 1 heterocycles. The molecule has 0 saturated carbocycles. The first-order valence-electron chi connectivity index (χ1n) is 6.86. The molecule has 10 heteroatoms. The Labute approximate surface area is 132 Å². The van der Waals surface area contributed by atoms with Crippen LogP contribution in [0.3, 0.4) is 0 Å². The van der Waals surface area contributed by atoms with Crippen LogP contribution in [0.1, 0.15) is 0 Å². The van der Waals surface area contributed by atoms with Crippen LogP contribution in [0.5, 0.6) is 0 Å². The first-order valence-corrected chi connectivity index (χ1v) is 6.86. The Morgan fingerprint density at radius 1 is 0.826 bits per heavy atom. The molecule has 1 fully saturated rings. The summed E-state index contributed by atoms with van der Waals surface area (Å²) in [5.74, 6) is 0. The van der Waals surface area contributed by atoms with Gasteiger partial charge in [0.25, 0.3) is 0 Å². The second-order valence-electron chi connectivity index (χ2n) is 4.32.